The monoisotopic (exact) mass is 354 g/mol. The van der Waals surface area contributed by atoms with Crippen molar-refractivity contribution in [3.05, 3.63) is 65.0 Å². The molecule has 5 nitrogen and oxygen atoms in total. The van der Waals surface area contributed by atoms with Crippen LogP contribution in [-0.2, 0) is 6.42 Å². The van der Waals surface area contributed by atoms with Gasteiger partial charge in [0.1, 0.15) is 11.6 Å². The first-order chi connectivity index (χ1) is 12.6. The topological polar surface area (TPSA) is 49.9 Å². The van der Waals surface area contributed by atoms with Gasteiger partial charge in [0.2, 0.25) is 0 Å². The Hall–Kier alpha value is -2.89. The van der Waals surface area contributed by atoms with Crippen molar-refractivity contribution in [2.45, 2.75) is 6.42 Å². The molecule has 1 fully saturated rings. The Kier molecular flexibility index (Phi) is 4.32. The second-order valence-corrected chi connectivity index (χ2v) is 6.52. The molecule has 0 unspecified atom stereocenters. The summed E-state index contributed by atoms with van der Waals surface area (Å²) in [6, 6.07) is 11.2. The molecule has 2 heterocycles. The number of halogens is 1. The van der Waals surface area contributed by atoms with Crippen molar-refractivity contribution >= 4 is 11.8 Å². The summed E-state index contributed by atoms with van der Waals surface area (Å²) in [5.41, 5.74) is 2.05. The van der Waals surface area contributed by atoms with Crippen LogP contribution < -0.4 is 4.74 Å². The fourth-order valence-corrected chi connectivity index (χ4v) is 3.42. The standard InChI is InChI=1S/C20H19FN2O3/c21-17-3-1-2-15(13-17)19(24)22-7-9-23(10-8-22)20(25)16-4-5-18-14(12-16)6-11-26-18/h1-5,12-13H,6-11H2. The van der Waals surface area contributed by atoms with Crippen molar-refractivity contribution in [1.82, 2.24) is 9.80 Å². The molecular weight excluding hydrogens is 335 g/mol. The minimum Gasteiger partial charge on any atom is -0.493 e. The van der Waals surface area contributed by atoms with E-state index in [9.17, 15) is 14.0 Å². The van der Waals surface area contributed by atoms with Crippen molar-refractivity contribution in [2.24, 2.45) is 0 Å². The lowest BCUT2D eigenvalue weighted by Crippen LogP contribution is -2.50. The third-order valence-corrected chi connectivity index (χ3v) is 4.86. The van der Waals surface area contributed by atoms with E-state index in [0.717, 1.165) is 17.7 Å². The van der Waals surface area contributed by atoms with E-state index < -0.39 is 5.82 Å². The minimum atomic E-state index is -0.426. The van der Waals surface area contributed by atoms with Gasteiger partial charge in [-0.1, -0.05) is 6.07 Å². The van der Waals surface area contributed by atoms with Gasteiger partial charge in [0.25, 0.3) is 11.8 Å². The summed E-state index contributed by atoms with van der Waals surface area (Å²) in [7, 11) is 0. The Morgan fingerprint density at radius 2 is 1.54 bits per heavy atom. The molecule has 0 saturated carbocycles. The van der Waals surface area contributed by atoms with E-state index in [-0.39, 0.29) is 11.8 Å². The van der Waals surface area contributed by atoms with E-state index >= 15 is 0 Å². The van der Waals surface area contributed by atoms with E-state index in [4.69, 9.17) is 4.74 Å². The second kappa shape index (κ2) is 6.78. The lowest BCUT2D eigenvalue weighted by atomic mass is 10.1. The van der Waals surface area contributed by atoms with Crippen molar-refractivity contribution in [3.63, 3.8) is 0 Å². The molecule has 0 spiro atoms. The lowest BCUT2D eigenvalue weighted by molar-refractivity contribution is 0.0535. The lowest BCUT2D eigenvalue weighted by Gasteiger charge is -2.35. The van der Waals surface area contributed by atoms with Gasteiger partial charge in [-0.25, -0.2) is 4.39 Å². The second-order valence-electron chi connectivity index (χ2n) is 6.52. The summed E-state index contributed by atoms with van der Waals surface area (Å²) in [6.07, 6.45) is 0.826. The van der Waals surface area contributed by atoms with Crippen molar-refractivity contribution in [1.29, 1.82) is 0 Å². The largest absolute Gasteiger partial charge is 0.493 e. The van der Waals surface area contributed by atoms with Crippen molar-refractivity contribution in [3.8, 4) is 5.75 Å². The van der Waals surface area contributed by atoms with Crippen LogP contribution in [0, 0.1) is 5.82 Å². The Labute approximate surface area is 151 Å². The Balaban J connectivity index is 1.40. The highest BCUT2D eigenvalue weighted by atomic mass is 19.1. The number of fused-ring (bicyclic) bond motifs is 1. The number of hydrogen-bond donors (Lipinski definition) is 0. The first-order valence-corrected chi connectivity index (χ1v) is 8.72. The Morgan fingerprint density at radius 1 is 0.885 bits per heavy atom. The van der Waals surface area contributed by atoms with Crippen LogP contribution in [0.4, 0.5) is 4.39 Å². The predicted octanol–water partition coefficient (Wildman–Crippen LogP) is 2.36. The van der Waals surface area contributed by atoms with Crippen LogP contribution in [0.1, 0.15) is 26.3 Å². The molecule has 26 heavy (non-hydrogen) atoms. The van der Waals surface area contributed by atoms with Crippen LogP contribution in [0.25, 0.3) is 0 Å². The summed E-state index contributed by atoms with van der Waals surface area (Å²) < 4.78 is 18.8. The Bertz CT molecular complexity index is 860. The molecule has 0 bridgehead atoms. The van der Waals surface area contributed by atoms with Crippen molar-refractivity contribution in [2.75, 3.05) is 32.8 Å². The van der Waals surface area contributed by atoms with Gasteiger partial charge in [-0.3, -0.25) is 9.59 Å². The molecule has 0 N–H and O–H groups in total. The van der Waals surface area contributed by atoms with Gasteiger partial charge < -0.3 is 14.5 Å². The van der Waals surface area contributed by atoms with E-state index in [1.54, 1.807) is 21.9 Å². The molecular formula is C20H19FN2O3. The highest BCUT2D eigenvalue weighted by Gasteiger charge is 2.26. The SMILES string of the molecule is O=C(c1cccc(F)c1)N1CCN(C(=O)c2ccc3c(c2)CCO3)CC1. The first kappa shape index (κ1) is 16.6. The molecule has 0 aliphatic carbocycles. The highest BCUT2D eigenvalue weighted by molar-refractivity contribution is 5.96. The number of ether oxygens (including phenoxy) is 1. The number of hydrogen-bond acceptors (Lipinski definition) is 3. The van der Waals surface area contributed by atoms with Crippen LogP contribution in [-0.4, -0.2) is 54.4 Å². The molecule has 2 aliphatic heterocycles. The Morgan fingerprint density at radius 3 is 2.19 bits per heavy atom. The molecule has 0 aromatic heterocycles. The van der Waals surface area contributed by atoms with Crippen LogP contribution >= 0.6 is 0 Å². The summed E-state index contributed by atoms with van der Waals surface area (Å²) in [5.74, 6) is 0.196. The molecule has 2 aromatic carbocycles. The van der Waals surface area contributed by atoms with E-state index in [1.165, 1.54) is 18.2 Å². The zero-order valence-corrected chi connectivity index (χ0v) is 14.3. The zero-order chi connectivity index (χ0) is 18.1. The summed E-state index contributed by atoms with van der Waals surface area (Å²) in [6.45, 7) is 2.47. The summed E-state index contributed by atoms with van der Waals surface area (Å²) in [4.78, 5) is 28.6. The van der Waals surface area contributed by atoms with Gasteiger partial charge in [-0.15, -0.1) is 0 Å². The number of carbonyl (C=O) groups is 2. The number of piperazine rings is 1. The van der Waals surface area contributed by atoms with Crippen LogP contribution in [0.2, 0.25) is 0 Å². The van der Waals surface area contributed by atoms with Gasteiger partial charge in [-0.2, -0.15) is 0 Å². The molecule has 2 aliphatic rings. The molecule has 2 amide bonds. The number of carbonyl (C=O) groups excluding carboxylic acids is 2. The highest BCUT2D eigenvalue weighted by Crippen LogP contribution is 2.26. The third kappa shape index (κ3) is 3.14. The van der Waals surface area contributed by atoms with Gasteiger partial charge >= 0.3 is 0 Å². The molecule has 4 rings (SSSR count). The molecule has 1 saturated heterocycles. The summed E-state index contributed by atoms with van der Waals surface area (Å²) in [5, 5.41) is 0. The number of nitrogens with zero attached hydrogens (tertiary/aromatic N) is 2. The van der Waals surface area contributed by atoms with Crippen LogP contribution in [0.5, 0.6) is 5.75 Å². The van der Waals surface area contributed by atoms with E-state index in [1.807, 2.05) is 12.1 Å². The van der Waals surface area contributed by atoms with Crippen molar-refractivity contribution < 1.29 is 18.7 Å². The normalized spacial score (nSPS) is 16.2. The zero-order valence-electron chi connectivity index (χ0n) is 14.3. The maximum Gasteiger partial charge on any atom is 0.254 e. The molecule has 6 heteroatoms. The minimum absolute atomic E-state index is 0.0300. The predicted molar refractivity (Wildman–Crippen MR) is 93.8 cm³/mol. The number of amides is 2. The molecule has 2 aromatic rings. The number of rotatable bonds is 2. The fraction of sp³-hybridized carbons (Fsp3) is 0.300. The molecule has 134 valence electrons. The average Bonchev–Trinajstić information content (AvgIpc) is 3.15. The van der Waals surface area contributed by atoms with Gasteiger partial charge in [0.05, 0.1) is 6.61 Å². The van der Waals surface area contributed by atoms with Crippen LogP contribution in [0.15, 0.2) is 42.5 Å². The first-order valence-electron chi connectivity index (χ1n) is 8.72. The van der Waals surface area contributed by atoms with E-state index in [2.05, 4.69) is 0 Å². The van der Waals surface area contributed by atoms with Crippen LogP contribution in [0.3, 0.4) is 0 Å². The smallest absolute Gasteiger partial charge is 0.254 e. The maximum absolute atomic E-state index is 13.3. The number of benzene rings is 2. The quantitative estimate of drug-likeness (QED) is 0.832. The maximum atomic E-state index is 13.3. The average molecular weight is 354 g/mol. The van der Waals surface area contributed by atoms with Gasteiger partial charge in [0, 0.05) is 43.7 Å². The van der Waals surface area contributed by atoms with Gasteiger partial charge in [0.15, 0.2) is 0 Å². The fourth-order valence-electron chi connectivity index (χ4n) is 3.42. The van der Waals surface area contributed by atoms with Gasteiger partial charge in [-0.05, 0) is 42.0 Å². The van der Waals surface area contributed by atoms with E-state index in [0.29, 0.717) is 43.9 Å². The molecule has 0 radical (unpaired) electrons. The molecule has 0 atom stereocenters. The third-order valence-electron chi connectivity index (χ3n) is 4.86. The summed E-state index contributed by atoms with van der Waals surface area (Å²) >= 11 is 0.